The maximum atomic E-state index is 13.3. The molecular weight excluding hydrogens is 559 g/mol. The molecule has 0 N–H and O–H groups in total. The van der Waals surface area contributed by atoms with Gasteiger partial charge in [-0.15, -0.1) is 0 Å². The molecule has 1 aliphatic rings. The number of nitriles is 1. The van der Waals surface area contributed by atoms with Crippen molar-refractivity contribution in [3.63, 3.8) is 0 Å². The van der Waals surface area contributed by atoms with E-state index in [4.69, 9.17) is 0 Å². The number of benzene rings is 5. The van der Waals surface area contributed by atoms with E-state index in [1.165, 1.54) is 0 Å². The van der Waals surface area contributed by atoms with Gasteiger partial charge < -0.3 is 0 Å². The van der Waals surface area contributed by atoms with E-state index in [2.05, 4.69) is 41.3 Å². The summed E-state index contributed by atoms with van der Waals surface area (Å²) in [5.74, 6) is -0.438. The van der Waals surface area contributed by atoms with Crippen LogP contribution in [0.15, 0.2) is 121 Å². The van der Waals surface area contributed by atoms with Crippen LogP contribution in [0.3, 0.4) is 0 Å². The molecule has 5 heteroatoms. The zero-order valence-electron chi connectivity index (χ0n) is 21.2. The van der Waals surface area contributed by atoms with Gasteiger partial charge in [0.15, 0.2) is 0 Å². The van der Waals surface area contributed by atoms with Crippen molar-refractivity contribution in [2.75, 3.05) is 4.90 Å². The van der Waals surface area contributed by atoms with E-state index in [0.29, 0.717) is 16.7 Å². The molecule has 0 fully saturated rings. The molecule has 5 aromatic carbocycles. The minimum atomic E-state index is -0.219. The molecule has 7 rings (SSSR count). The monoisotopic (exact) mass is 580 g/mol. The molecule has 0 aliphatic heterocycles. The summed E-state index contributed by atoms with van der Waals surface area (Å²) in [7, 11) is 0. The second-order valence-corrected chi connectivity index (χ2v) is 11.9. The van der Waals surface area contributed by atoms with E-state index in [-0.39, 0.29) is 31.6 Å². The number of allylic oxidation sites excluding steroid dienone is 1. The van der Waals surface area contributed by atoms with E-state index in [0.717, 1.165) is 41.9 Å². The number of Topliss-reactive ketones (excluding diaryl/α,β-unsaturated/α-hetero) is 2. The number of carbonyl (C=O) groups excluding carboxylic acids is 2. The third-order valence-corrected chi connectivity index (χ3v) is 9.36. The zero-order chi connectivity index (χ0) is 27.2. The normalized spacial score (nSPS) is 12.5. The first kappa shape index (κ1) is 24.1. The molecule has 0 atom stereocenters. The fraction of sp³-hybridized carbons (Fsp3) is 0. The van der Waals surface area contributed by atoms with Gasteiger partial charge in [-0.25, -0.2) is 0 Å². The van der Waals surface area contributed by atoms with Crippen LogP contribution >= 0.6 is 0 Å². The number of ketones is 2. The van der Waals surface area contributed by atoms with Gasteiger partial charge in [-0.1, -0.05) is 0 Å². The zero-order valence-corrected chi connectivity index (χ0v) is 22.9. The maximum absolute atomic E-state index is 13.3. The third kappa shape index (κ3) is 3.99. The van der Waals surface area contributed by atoms with Crippen LogP contribution in [-0.2, 0) is 0 Å². The molecule has 1 heterocycles. The summed E-state index contributed by atoms with van der Waals surface area (Å²) >= 11 is -0.188. The van der Waals surface area contributed by atoms with E-state index < -0.39 is 0 Å². The summed E-state index contributed by atoms with van der Waals surface area (Å²) in [6.45, 7) is 0. The van der Waals surface area contributed by atoms with Gasteiger partial charge in [0, 0.05) is 0 Å². The van der Waals surface area contributed by atoms with Crippen molar-refractivity contribution in [3.05, 3.63) is 142 Å². The average Bonchev–Trinajstić information content (AvgIpc) is 3.55. The summed E-state index contributed by atoms with van der Waals surface area (Å²) in [5, 5.41) is 13.7. The van der Waals surface area contributed by atoms with Crippen LogP contribution in [-0.4, -0.2) is 26.1 Å². The van der Waals surface area contributed by atoms with E-state index in [9.17, 15) is 14.9 Å². The van der Waals surface area contributed by atoms with Crippen LogP contribution in [0.1, 0.15) is 30.7 Å². The number of anilines is 3. The fourth-order valence-electron chi connectivity index (χ4n) is 5.33. The molecule has 0 radical (unpaired) electrons. The number of hydrogen-bond acceptors (Lipinski definition) is 4. The Balaban J connectivity index is 1.33. The Morgan fingerprint density at radius 2 is 1.32 bits per heavy atom. The molecule has 188 valence electrons. The quantitative estimate of drug-likeness (QED) is 0.121. The minimum absolute atomic E-state index is 0.188. The molecule has 0 saturated heterocycles. The van der Waals surface area contributed by atoms with Crippen molar-refractivity contribution in [1.82, 2.24) is 0 Å². The first-order valence-electron chi connectivity index (χ1n) is 12.8. The van der Waals surface area contributed by atoms with Crippen LogP contribution in [0.4, 0.5) is 15.9 Å². The number of carbonyl (C=O) groups is 2. The molecular formula is C35H20N2O2Se. The molecule has 6 aromatic rings. The summed E-state index contributed by atoms with van der Waals surface area (Å²) in [5.41, 5.74) is 3.64. The number of fused-ring (bicyclic) bond motifs is 3. The van der Waals surface area contributed by atoms with E-state index in [1.54, 1.807) is 12.1 Å². The molecule has 0 saturated carbocycles. The summed E-state index contributed by atoms with van der Waals surface area (Å²) < 4.78 is 1.99. The topological polar surface area (TPSA) is 61.2 Å². The van der Waals surface area contributed by atoms with Crippen LogP contribution in [0, 0.1) is 11.3 Å². The Hall–Kier alpha value is -5.01. The van der Waals surface area contributed by atoms with Crippen LogP contribution in [0.25, 0.3) is 27.6 Å². The molecule has 0 spiro atoms. The molecule has 4 nitrogen and oxygen atoms in total. The Bertz CT molecular complexity index is 2020. The number of rotatable bonds is 4. The van der Waals surface area contributed by atoms with Gasteiger partial charge in [-0.05, 0) is 0 Å². The molecule has 0 amide bonds. The van der Waals surface area contributed by atoms with Gasteiger partial charge in [-0.3, -0.25) is 0 Å². The standard InChI is InChI=1S/C35H20N2O2Se/c36-21-22-7-5-12-26(17-22)37(32-14-6-11-23-8-3-4-13-28(23)32)33-16-15-27(40-33)20-31-34(38)29-18-24-9-1-2-10-25(24)19-30(29)35(31)39/h1-20H. The molecule has 40 heavy (non-hydrogen) atoms. The predicted octanol–water partition coefficient (Wildman–Crippen LogP) is 7.85. The van der Waals surface area contributed by atoms with Crippen molar-refractivity contribution >= 4 is 69.6 Å². The Morgan fingerprint density at radius 1 is 0.675 bits per heavy atom. The molecule has 1 aromatic heterocycles. The first-order chi connectivity index (χ1) is 19.6. The molecule has 0 unspecified atom stereocenters. The number of nitrogens with zero attached hydrogens (tertiary/aromatic N) is 2. The van der Waals surface area contributed by atoms with Crippen molar-refractivity contribution < 1.29 is 9.59 Å². The van der Waals surface area contributed by atoms with Crippen LogP contribution < -0.4 is 4.90 Å². The van der Waals surface area contributed by atoms with Gasteiger partial charge in [0.1, 0.15) is 0 Å². The summed E-state index contributed by atoms with van der Waals surface area (Å²) in [6, 6.07) is 39.7. The molecule has 1 aliphatic carbocycles. The van der Waals surface area contributed by atoms with Gasteiger partial charge in [0.2, 0.25) is 0 Å². The first-order valence-corrected chi connectivity index (χ1v) is 14.5. The number of hydrogen-bond donors (Lipinski definition) is 0. The Morgan fingerprint density at radius 3 is 2.05 bits per heavy atom. The van der Waals surface area contributed by atoms with Gasteiger partial charge >= 0.3 is 237 Å². The third-order valence-electron chi connectivity index (χ3n) is 7.22. The average molecular weight is 580 g/mol. The Kier molecular flexibility index (Phi) is 5.79. The fourth-order valence-corrected chi connectivity index (χ4v) is 7.39. The summed E-state index contributed by atoms with van der Waals surface area (Å²) in [4.78, 5) is 28.9. The van der Waals surface area contributed by atoms with Crippen molar-refractivity contribution in [1.29, 1.82) is 5.26 Å². The van der Waals surface area contributed by atoms with Crippen molar-refractivity contribution in [3.8, 4) is 6.07 Å². The van der Waals surface area contributed by atoms with Crippen molar-refractivity contribution in [2.24, 2.45) is 0 Å². The van der Waals surface area contributed by atoms with Gasteiger partial charge in [0.25, 0.3) is 0 Å². The van der Waals surface area contributed by atoms with Crippen LogP contribution in [0.2, 0.25) is 0 Å². The summed E-state index contributed by atoms with van der Waals surface area (Å²) in [6.07, 6.45) is 1.77. The van der Waals surface area contributed by atoms with E-state index in [1.807, 2.05) is 78.9 Å². The second kappa shape index (κ2) is 9.63. The molecule has 0 bridgehead atoms. The second-order valence-electron chi connectivity index (χ2n) is 9.63. The predicted molar refractivity (Wildman–Crippen MR) is 161 cm³/mol. The van der Waals surface area contributed by atoms with Gasteiger partial charge in [0.05, 0.1) is 0 Å². The van der Waals surface area contributed by atoms with E-state index >= 15 is 0 Å². The SMILES string of the molecule is N#Cc1cccc(N(c2ccc(C=C3C(=O)c4cc5ccccc5cc4C3=O)[se]2)c2cccc3ccccc23)c1. The van der Waals surface area contributed by atoms with Gasteiger partial charge in [-0.2, -0.15) is 0 Å². The Labute approximate surface area is 236 Å². The van der Waals surface area contributed by atoms with Crippen molar-refractivity contribution in [2.45, 2.75) is 0 Å². The van der Waals surface area contributed by atoms with Crippen LogP contribution in [0.5, 0.6) is 0 Å².